The summed E-state index contributed by atoms with van der Waals surface area (Å²) in [5, 5.41) is 16.1. The lowest BCUT2D eigenvalue weighted by Gasteiger charge is -2.22. The van der Waals surface area contributed by atoms with Crippen LogP contribution in [-0.2, 0) is 19.6 Å². The predicted molar refractivity (Wildman–Crippen MR) is 182 cm³/mol. The minimum Gasteiger partial charge on any atom is -0.507 e. The van der Waals surface area contributed by atoms with Gasteiger partial charge < -0.3 is 29.4 Å². The number of halogens is 4. The van der Waals surface area contributed by atoms with Crippen molar-refractivity contribution < 1.29 is 32.5 Å². The number of aromatic amines is 1. The molecular formula is C37H31ClF3N3O5. The average molecular weight is 690 g/mol. The molecule has 2 aromatic heterocycles. The van der Waals surface area contributed by atoms with E-state index in [0.717, 1.165) is 17.5 Å². The summed E-state index contributed by atoms with van der Waals surface area (Å²) in [7, 11) is 4.53. The molecule has 0 aliphatic carbocycles. The van der Waals surface area contributed by atoms with E-state index in [1.807, 2.05) is 24.3 Å². The molecule has 1 unspecified atom stereocenters. The molecule has 1 atom stereocenters. The molecule has 0 radical (unpaired) electrons. The van der Waals surface area contributed by atoms with Crippen molar-refractivity contribution in [2.75, 3.05) is 20.8 Å². The maximum atomic E-state index is 14.1. The van der Waals surface area contributed by atoms with Crippen LogP contribution in [0.4, 0.5) is 13.2 Å². The Balaban J connectivity index is 1.49. The number of alkyl halides is 3. The monoisotopic (exact) mass is 689 g/mol. The summed E-state index contributed by atoms with van der Waals surface area (Å²) in [4.78, 5) is 30.6. The van der Waals surface area contributed by atoms with Crippen molar-refractivity contribution in [1.82, 2.24) is 14.9 Å². The van der Waals surface area contributed by atoms with Crippen LogP contribution >= 0.6 is 11.6 Å². The number of para-hydroxylation sites is 1. The van der Waals surface area contributed by atoms with Gasteiger partial charge in [0, 0.05) is 46.2 Å². The molecular weight excluding hydrogens is 659 g/mol. The summed E-state index contributed by atoms with van der Waals surface area (Å²) in [6, 6.07) is 21.5. The molecule has 8 nitrogen and oxygen atoms in total. The second-order valence-electron chi connectivity index (χ2n) is 11.5. The lowest BCUT2D eigenvalue weighted by molar-refractivity contribution is -0.137. The molecule has 0 bridgehead atoms. The van der Waals surface area contributed by atoms with E-state index in [9.17, 15) is 27.9 Å². The highest BCUT2D eigenvalue weighted by molar-refractivity contribution is 6.31. The van der Waals surface area contributed by atoms with Gasteiger partial charge in [0.1, 0.15) is 5.75 Å². The van der Waals surface area contributed by atoms with Gasteiger partial charge in [-0.25, -0.2) is 0 Å². The number of aryl methyl sites for hydroxylation is 1. The standard InChI is InChI=1S/C37H31ClF3N3O5/c1-44-28-14-13-23(38)19-26(28)34(45)32(36(44)47)31(20-8-11-22(12-9-20)37(39,40)41)33-25(24-6-4-5-7-27(24)43-33)16-17-42-35(46)21-10-15-29(48-2)30(18-21)49-3/h4-15,18-19,31,43,45H,16-17H2,1-3H3,(H,42,46). The van der Waals surface area contributed by atoms with Crippen LogP contribution in [0.5, 0.6) is 17.2 Å². The Morgan fingerprint density at radius 2 is 1.67 bits per heavy atom. The number of ether oxygens (including phenoxy) is 2. The van der Waals surface area contributed by atoms with Crippen molar-refractivity contribution in [2.45, 2.75) is 18.5 Å². The molecule has 3 N–H and O–H groups in total. The van der Waals surface area contributed by atoms with Crippen LogP contribution in [0, 0.1) is 0 Å². The zero-order valence-electron chi connectivity index (χ0n) is 26.6. The van der Waals surface area contributed by atoms with Crippen molar-refractivity contribution in [3.05, 3.63) is 134 Å². The number of carbonyl (C=O) groups excluding carboxylic acids is 1. The van der Waals surface area contributed by atoms with Gasteiger partial charge in [-0.05, 0) is 72.1 Å². The number of H-pyrrole nitrogens is 1. The third-order valence-corrected chi connectivity index (χ3v) is 8.90. The Bertz CT molecular complexity index is 2260. The largest absolute Gasteiger partial charge is 0.507 e. The van der Waals surface area contributed by atoms with Crippen LogP contribution in [0.1, 0.15) is 44.2 Å². The van der Waals surface area contributed by atoms with Gasteiger partial charge in [-0.2, -0.15) is 13.2 Å². The molecule has 1 amide bonds. The Kier molecular flexibility index (Phi) is 9.04. The molecule has 6 rings (SSSR count). The number of nitrogens with one attached hydrogen (secondary N) is 2. The fourth-order valence-electron chi connectivity index (χ4n) is 6.25. The summed E-state index contributed by atoms with van der Waals surface area (Å²) in [6.45, 7) is 0.166. The van der Waals surface area contributed by atoms with Crippen LogP contribution in [0.2, 0.25) is 5.02 Å². The molecule has 0 spiro atoms. The van der Waals surface area contributed by atoms with Gasteiger partial charge in [0.15, 0.2) is 11.5 Å². The van der Waals surface area contributed by atoms with E-state index in [1.165, 1.54) is 37.0 Å². The van der Waals surface area contributed by atoms with Gasteiger partial charge in [0.05, 0.1) is 36.8 Å². The van der Waals surface area contributed by atoms with E-state index in [-0.39, 0.29) is 30.2 Å². The molecule has 0 aliphatic heterocycles. The number of pyridine rings is 1. The number of fused-ring (bicyclic) bond motifs is 2. The highest BCUT2D eigenvalue weighted by Gasteiger charge is 2.33. The summed E-state index contributed by atoms with van der Waals surface area (Å²) in [5.74, 6) is -0.863. The lowest BCUT2D eigenvalue weighted by Crippen LogP contribution is -2.27. The zero-order chi connectivity index (χ0) is 35.0. The lowest BCUT2D eigenvalue weighted by atomic mass is 9.84. The predicted octanol–water partition coefficient (Wildman–Crippen LogP) is 7.57. The summed E-state index contributed by atoms with van der Waals surface area (Å²) in [6.07, 6.45) is -4.31. The summed E-state index contributed by atoms with van der Waals surface area (Å²) < 4.78 is 52.8. The van der Waals surface area contributed by atoms with E-state index in [4.69, 9.17) is 21.1 Å². The fraction of sp³-hybridized carbons (Fsp3) is 0.189. The molecule has 2 heterocycles. The van der Waals surface area contributed by atoms with Gasteiger partial charge in [0.25, 0.3) is 11.5 Å². The number of methoxy groups -OCH3 is 2. The van der Waals surface area contributed by atoms with E-state index in [1.54, 1.807) is 37.4 Å². The summed E-state index contributed by atoms with van der Waals surface area (Å²) >= 11 is 6.29. The van der Waals surface area contributed by atoms with Gasteiger partial charge in [-0.1, -0.05) is 41.9 Å². The van der Waals surface area contributed by atoms with Crippen LogP contribution < -0.4 is 20.3 Å². The number of aromatic nitrogens is 2. The molecule has 0 aliphatic rings. The molecule has 6 aromatic rings. The molecule has 0 fully saturated rings. The first kappa shape index (κ1) is 33.5. The number of aromatic hydroxyl groups is 1. The van der Waals surface area contributed by atoms with Crippen molar-refractivity contribution in [1.29, 1.82) is 0 Å². The first-order chi connectivity index (χ1) is 23.4. The molecule has 4 aromatic carbocycles. The quantitative estimate of drug-likeness (QED) is 0.145. The smallest absolute Gasteiger partial charge is 0.416 e. The number of carbonyl (C=O) groups is 1. The first-order valence-corrected chi connectivity index (χ1v) is 15.6. The van der Waals surface area contributed by atoms with Gasteiger partial charge in [-0.3, -0.25) is 9.59 Å². The molecule has 49 heavy (non-hydrogen) atoms. The normalized spacial score (nSPS) is 12.3. The number of rotatable bonds is 9. The Hall–Kier alpha value is -5.42. The Morgan fingerprint density at radius 1 is 0.959 bits per heavy atom. The van der Waals surface area contributed by atoms with E-state index < -0.39 is 23.2 Å². The molecule has 252 valence electrons. The Morgan fingerprint density at radius 3 is 2.37 bits per heavy atom. The maximum Gasteiger partial charge on any atom is 0.416 e. The van der Waals surface area contributed by atoms with Crippen molar-refractivity contribution in [2.24, 2.45) is 7.05 Å². The van der Waals surface area contributed by atoms with Gasteiger partial charge in [-0.15, -0.1) is 0 Å². The number of hydrogen-bond donors (Lipinski definition) is 3. The van der Waals surface area contributed by atoms with Crippen LogP contribution in [-0.4, -0.2) is 41.3 Å². The van der Waals surface area contributed by atoms with Crippen LogP contribution in [0.15, 0.2) is 89.7 Å². The number of benzene rings is 4. The van der Waals surface area contributed by atoms with Crippen molar-refractivity contribution in [3.63, 3.8) is 0 Å². The maximum absolute atomic E-state index is 14.1. The fourth-order valence-corrected chi connectivity index (χ4v) is 6.42. The Labute approximate surface area is 283 Å². The second-order valence-corrected chi connectivity index (χ2v) is 11.9. The topological polar surface area (TPSA) is 106 Å². The van der Waals surface area contributed by atoms with Gasteiger partial charge >= 0.3 is 6.18 Å². The van der Waals surface area contributed by atoms with Crippen LogP contribution in [0.3, 0.4) is 0 Å². The number of nitrogens with zero attached hydrogens (tertiary/aromatic N) is 1. The van der Waals surface area contributed by atoms with Crippen molar-refractivity contribution in [3.8, 4) is 17.2 Å². The average Bonchev–Trinajstić information content (AvgIpc) is 3.46. The highest BCUT2D eigenvalue weighted by Crippen LogP contribution is 2.42. The highest BCUT2D eigenvalue weighted by atomic mass is 35.5. The van der Waals surface area contributed by atoms with E-state index in [2.05, 4.69) is 10.3 Å². The third-order valence-electron chi connectivity index (χ3n) is 8.67. The van der Waals surface area contributed by atoms with Crippen molar-refractivity contribution >= 4 is 39.3 Å². The second kappa shape index (κ2) is 13.2. The SMILES string of the molecule is COc1ccc(C(=O)NCCc2c(C(c3ccc(C(F)(F)F)cc3)c3c(O)c4cc(Cl)ccc4n(C)c3=O)[nH]c3ccccc23)cc1OC. The van der Waals surface area contributed by atoms with E-state index in [0.29, 0.717) is 55.3 Å². The molecule has 12 heteroatoms. The van der Waals surface area contributed by atoms with Gasteiger partial charge in [0.2, 0.25) is 0 Å². The minimum absolute atomic E-state index is 0.0424. The number of amides is 1. The molecule has 0 saturated heterocycles. The van der Waals surface area contributed by atoms with E-state index >= 15 is 0 Å². The first-order valence-electron chi connectivity index (χ1n) is 15.2. The molecule has 0 saturated carbocycles. The number of hydrogen-bond acceptors (Lipinski definition) is 5. The van der Waals surface area contributed by atoms with Crippen LogP contribution in [0.25, 0.3) is 21.8 Å². The third kappa shape index (κ3) is 6.29. The summed E-state index contributed by atoms with van der Waals surface area (Å²) in [5.41, 5.74) is 1.57. The zero-order valence-corrected chi connectivity index (χ0v) is 27.4. The minimum atomic E-state index is -4.58.